The summed E-state index contributed by atoms with van der Waals surface area (Å²) in [4.78, 5) is 0. The number of fused-ring (bicyclic) bond motifs is 4. The predicted octanol–water partition coefficient (Wildman–Crippen LogP) is 6.69. The highest BCUT2D eigenvalue weighted by atomic mass is 79.9. The number of hydrogen-bond acceptors (Lipinski definition) is 0. The number of benzene rings is 3. The van der Waals surface area contributed by atoms with E-state index in [1.165, 1.54) is 37.5 Å². The second-order valence-corrected chi connectivity index (χ2v) is 7.14. The molecule has 0 atom stereocenters. The number of halogens is 1. The summed E-state index contributed by atoms with van der Waals surface area (Å²) in [5, 5.41) is 2.68. The van der Waals surface area contributed by atoms with E-state index in [4.69, 9.17) is 0 Å². The fraction of sp³-hybridized carbons (Fsp3) is 0.238. The summed E-state index contributed by atoms with van der Waals surface area (Å²) in [5.74, 6) is 0. The molecule has 0 saturated heterocycles. The maximum atomic E-state index is 3.66. The van der Waals surface area contributed by atoms with E-state index >= 15 is 0 Å². The molecule has 1 aliphatic carbocycles. The van der Waals surface area contributed by atoms with Crippen LogP contribution in [-0.2, 0) is 5.41 Å². The zero-order valence-corrected chi connectivity index (χ0v) is 14.6. The molecule has 0 N–H and O–H groups in total. The van der Waals surface area contributed by atoms with Gasteiger partial charge in [-0.3, -0.25) is 0 Å². The Bertz CT molecular complexity index is 872. The molecule has 0 aliphatic heterocycles. The van der Waals surface area contributed by atoms with E-state index in [1.807, 2.05) is 0 Å². The Morgan fingerprint density at radius 3 is 2.09 bits per heavy atom. The van der Waals surface area contributed by atoms with E-state index in [9.17, 15) is 0 Å². The monoisotopic (exact) mass is 350 g/mol. The second kappa shape index (κ2) is 4.96. The van der Waals surface area contributed by atoms with Crippen LogP contribution in [-0.4, -0.2) is 0 Å². The van der Waals surface area contributed by atoms with Gasteiger partial charge in [0.25, 0.3) is 0 Å². The van der Waals surface area contributed by atoms with Gasteiger partial charge in [-0.25, -0.2) is 0 Å². The summed E-state index contributed by atoms with van der Waals surface area (Å²) in [6.07, 6.45) is 2.27. The molecule has 1 aliphatic rings. The van der Waals surface area contributed by atoms with Crippen molar-refractivity contribution in [2.75, 3.05) is 0 Å². The molecule has 0 saturated carbocycles. The Labute approximate surface area is 140 Å². The standard InChI is InChI=1S/C21H19Br/c1-3-21(4-2)19-12-15-8-6-5-7-14(15)11-18(19)17-10-9-16(22)13-20(17)21/h5-13H,3-4H2,1-2H3. The van der Waals surface area contributed by atoms with Crippen LogP contribution in [0, 0.1) is 0 Å². The number of hydrogen-bond donors (Lipinski definition) is 0. The van der Waals surface area contributed by atoms with Crippen molar-refractivity contribution in [2.45, 2.75) is 32.1 Å². The SMILES string of the molecule is CCC1(CC)c2cc(Br)ccc2-c2cc3ccccc3cc21. The van der Waals surface area contributed by atoms with Crippen molar-refractivity contribution in [1.29, 1.82) is 0 Å². The normalized spacial score (nSPS) is 14.9. The van der Waals surface area contributed by atoms with Gasteiger partial charge in [0.15, 0.2) is 0 Å². The van der Waals surface area contributed by atoms with E-state index in [0.29, 0.717) is 0 Å². The molecule has 0 nitrogen and oxygen atoms in total. The van der Waals surface area contributed by atoms with Crippen LogP contribution in [0.25, 0.3) is 21.9 Å². The molecule has 0 aromatic heterocycles. The van der Waals surface area contributed by atoms with Crippen molar-refractivity contribution in [1.82, 2.24) is 0 Å². The van der Waals surface area contributed by atoms with Crippen molar-refractivity contribution < 1.29 is 0 Å². The second-order valence-electron chi connectivity index (χ2n) is 6.22. The van der Waals surface area contributed by atoms with Gasteiger partial charge in [-0.1, -0.05) is 60.1 Å². The average molecular weight is 351 g/mol. The molecule has 22 heavy (non-hydrogen) atoms. The molecule has 4 rings (SSSR count). The minimum Gasteiger partial charge on any atom is -0.0642 e. The molecule has 1 heteroatoms. The average Bonchev–Trinajstić information content (AvgIpc) is 2.81. The molecule has 0 radical (unpaired) electrons. The molecule has 0 unspecified atom stereocenters. The summed E-state index contributed by atoms with van der Waals surface area (Å²) >= 11 is 3.66. The van der Waals surface area contributed by atoms with E-state index in [0.717, 1.165) is 12.8 Å². The highest BCUT2D eigenvalue weighted by Gasteiger charge is 2.40. The summed E-state index contributed by atoms with van der Waals surface area (Å²) in [6.45, 7) is 4.64. The van der Waals surface area contributed by atoms with Gasteiger partial charge in [0.05, 0.1) is 0 Å². The zero-order valence-electron chi connectivity index (χ0n) is 13.0. The van der Waals surface area contributed by atoms with Gasteiger partial charge < -0.3 is 0 Å². The van der Waals surface area contributed by atoms with Gasteiger partial charge in [-0.2, -0.15) is 0 Å². The summed E-state index contributed by atoms with van der Waals surface area (Å²) in [5.41, 5.74) is 5.97. The van der Waals surface area contributed by atoms with Crippen molar-refractivity contribution in [3.05, 3.63) is 70.2 Å². The Balaban J connectivity index is 2.13. The molecule has 3 aromatic rings. The van der Waals surface area contributed by atoms with Gasteiger partial charge in [0.1, 0.15) is 0 Å². The minimum atomic E-state index is 0.151. The van der Waals surface area contributed by atoms with Gasteiger partial charge in [0, 0.05) is 9.89 Å². The van der Waals surface area contributed by atoms with Crippen LogP contribution in [0.4, 0.5) is 0 Å². The minimum absolute atomic E-state index is 0.151. The van der Waals surface area contributed by atoms with Crippen molar-refractivity contribution in [2.24, 2.45) is 0 Å². The van der Waals surface area contributed by atoms with Crippen LogP contribution in [0.1, 0.15) is 37.8 Å². The first-order valence-electron chi connectivity index (χ1n) is 8.03. The Kier molecular flexibility index (Phi) is 3.16. The van der Waals surface area contributed by atoms with Gasteiger partial charge in [-0.15, -0.1) is 0 Å². The lowest BCUT2D eigenvalue weighted by Gasteiger charge is -2.30. The first-order valence-corrected chi connectivity index (χ1v) is 8.82. The van der Waals surface area contributed by atoms with Crippen LogP contribution in [0.3, 0.4) is 0 Å². The summed E-state index contributed by atoms with van der Waals surface area (Å²) in [7, 11) is 0. The van der Waals surface area contributed by atoms with Crippen molar-refractivity contribution in [3.8, 4) is 11.1 Å². The van der Waals surface area contributed by atoms with Crippen LogP contribution in [0.15, 0.2) is 59.1 Å². The molecule has 0 spiro atoms. The Morgan fingerprint density at radius 2 is 1.41 bits per heavy atom. The van der Waals surface area contributed by atoms with E-state index in [1.54, 1.807) is 0 Å². The molecule has 0 fully saturated rings. The maximum absolute atomic E-state index is 3.66. The van der Waals surface area contributed by atoms with Crippen molar-refractivity contribution in [3.63, 3.8) is 0 Å². The van der Waals surface area contributed by atoms with E-state index in [-0.39, 0.29) is 5.41 Å². The molecular weight excluding hydrogens is 332 g/mol. The van der Waals surface area contributed by atoms with Gasteiger partial charge in [-0.05, 0) is 70.1 Å². The maximum Gasteiger partial charge on any atom is 0.0210 e. The first kappa shape index (κ1) is 14.0. The number of rotatable bonds is 2. The fourth-order valence-electron chi connectivity index (χ4n) is 4.16. The van der Waals surface area contributed by atoms with Gasteiger partial charge >= 0.3 is 0 Å². The van der Waals surface area contributed by atoms with Crippen molar-refractivity contribution >= 4 is 26.7 Å². The van der Waals surface area contributed by atoms with E-state index in [2.05, 4.69) is 84.4 Å². The molecule has 110 valence electrons. The van der Waals surface area contributed by atoms with Crippen LogP contribution >= 0.6 is 15.9 Å². The third-order valence-corrected chi connectivity index (χ3v) is 5.89. The molecular formula is C21H19Br. The lowest BCUT2D eigenvalue weighted by Crippen LogP contribution is -2.23. The highest BCUT2D eigenvalue weighted by Crippen LogP contribution is 2.54. The smallest absolute Gasteiger partial charge is 0.0210 e. The lowest BCUT2D eigenvalue weighted by atomic mass is 9.73. The van der Waals surface area contributed by atoms with Crippen LogP contribution < -0.4 is 0 Å². The zero-order chi connectivity index (χ0) is 15.3. The largest absolute Gasteiger partial charge is 0.0642 e. The van der Waals surface area contributed by atoms with Crippen LogP contribution in [0.2, 0.25) is 0 Å². The highest BCUT2D eigenvalue weighted by molar-refractivity contribution is 9.10. The molecule has 0 amide bonds. The third kappa shape index (κ3) is 1.75. The summed E-state index contributed by atoms with van der Waals surface area (Å²) in [6, 6.07) is 20.3. The quantitative estimate of drug-likeness (QED) is 0.482. The topological polar surface area (TPSA) is 0 Å². The fourth-order valence-corrected chi connectivity index (χ4v) is 4.52. The van der Waals surface area contributed by atoms with Crippen LogP contribution in [0.5, 0.6) is 0 Å². The Morgan fingerprint density at radius 1 is 0.773 bits per heavy atom. The predicted molar refractivity (Wildman–Crippen MR) is 98.4 cm³/mol. The lowest BCUT2D eigenvalue weighted by molar-refractivity contribution is 0.490. The van der Waals surface area contributed by atoms with E-state index < -0.39 is 0 Å². The summed E-state index contributed by atoms with van der Waals surface area (Å²) < 4.78 is 1.18. The van der Waals surface area contributed by atoms with Gasteiger partial charge in [0.2, 0.25) is 0 Å². The third-order valence-electron chi connectivity index (χ3n) is 5.40. The Hall–Kier alpha value is -1.60. The molecule has 3 aromatic carbocycles. The first-order chi connectivity index (χ1) is 10.7. The molecule has 0 heterocycles. The molecule has 0 bridgehead atoms.